The summed E-state index contributed by atoms with van der Waals surface area (Å²) in [4.78, 5) is 8.38. The zero-order valence-electron chi connectivity index (χ0n) is 14.8. The van der Waals surface area contributed by atoms with Crippen LogP contribution in [0.3, 0.4) is 0 Å². The molecule has 0 aliphatic heterocycles. The summed E-state index contributed by atoms with van der Waals surface area (Å²) in [6, 6.07) is 21.6. The summed E-state index contributed by atoms with van der Waals surface area (Å²) in [7, 11) is 0. The standard InChI is InChI=1S/C23H16Cl2N2O/c24-19-9-10-22(21(25)11-19)28-14-17-7-4-8-20(16-5-2-1-3-6-16)23(17)18-12-26-15-27-13-18/h1-13,15H,14H2. The van der Waals surface area contributed by atoms with Crippen LogP contribution in [0, 0.1) is 0 Å². The van der Waals surface area contributed by atoms with Crippen LogP contribution in [0.2, 0.25) is 10.0 Å². The van der Waals surface area contributed by atoms with E-state index >= 15 is 0 Å². The maximum Gasteiger partial charge on any atom is 0.138 e. The summed E-state index contributed by atoms with van der Waals surface area (Å²) >= 11 is 12.2. The van der Waals surface area contributed by atoms with Crippen LogP contribution >= 0.6 is 23.2 Å². The lowest BCUT2D eigenvalue weighted by Gasteiger charge is -2.16. The molecule has 0 unspecified atom stereocenters. The van der Waals surface area contributed by atoms with Gasteiger partial charge in [-0.2, -0.15) is 0 Å². The van der Waals surface area contributed by atoms with Crippen molar-refractivity contribution in [2.75, 3.05) is 0 Å². The topological polar surface area (TPSA) is 35.0 Å². The van der Waals surface area contributed by atoms with Crippen LogP contribution in [-0.2, 0) is 6.61 Å². The first-order chi connectivity index (χ1) is 13.7. The molecule has 4 aromatic rings. The zero-order valence-corrected chi connectivity index (χ0v) is 16.4. The summed E-state index contributed by atoms with van der Waals surface area (Å²) in [5, 5.41) is 1.06. The number of nitrogens with zero attached hydrogens (tertiary/aromatic N) is 2. The van der Waals surface area contributed by atoms with Crippen molar-refractivity contribution in [3.8, 4) is 28.0 Å². The molecule has 0 spiro atoms. The van der Waals surface area contributed by atoms with E-state index in [0.29, 0.717) is 22.4 Å². The second kappa shape index (κ2) is 8.42. The van der Waals surface area contributed by atoms with Gasteiger partial charge in [-0.3, -0.25) is 0 Å². The predicted molar refractivity (Wildman–Crippen MR) is 114 cm³/mol. The highest BCUT2D eigenvalue weighted by Crippen LogP contribution is 2.35. The minimum absolute atomic E-state index is 0.353. The Kier molecular flexibility index (Phi) is 5.56. The predicted octanol–water partition coefficient (Wildman–Crippen LogP) is 6.70. The van der Waals surface area contributed by atoms with Crippen LogP contribution in [0.5, 0.6) is 5.75 Å². The second-order valence-electron chi connectivity index (χ2n) is 6.20. The number of ether oxygens (including phenoxy) is 1. The Hall–Kier alpha value is -2.88. The molecule has 0 saturated carbocycles. The number of aromatic nitrogens is 2. The first-order valence-corrected chi connectivity index (χ1v) is 9.48. The van der Waals surface area contributed by atoms with Gasteiger partial charge in [-0.25, -0.2) is 9.97 Å². The molecular weight excluding hydrogens is 391 g/mol. The Balaban J connectivity index is 1.76. The smallest absolute Gasteiger partial charge is 0.138 e. The molecule has 3 aromatic carbocycles. The van der Waals surface area contributed by atoms with E-state index in [9.17, 15) is 0 Å². The molecule has 1 heterocycles. The fourth-order valence-corrected chi connectivity index (χ4v) is 3.56. The molecule has 0 radical (unpaired) electrons. The highest BCUT2D eigenvalue weighted by atomic mass is 35.5. The van der Waals surface area contributed by atoms with Crippen LogP contribution in [-0.4, -0.2) is 9.97 Å². The molecule has 138 valence electrons. The van der Waals surface area contributed by atoms with Gasteiger partial charge in [0.2, 0.25) is 0 Å². The van der Waals surface area contributed by atoms with Crippen molar-refractivity contribution < 1.29 is 4.74 Å². The van der Waals surface area contributed by atoms with Gasteiger partial charge in [0.05, 0.1) is 5.02 Å². The number of hydrogen-bond acceptors (Lipinski definition) is 3. The molecule has 0 amide bonds. The highest BCUT2D eigenvalue weighted by molar-refractivity contribution is 6.35. The Bertz CT molecular complexity index is 1090. The van der Waals surface area contributed by atoms with Crippen LogP contribution < -0.4 is 4.74 Å². The van der Waals surface area contributed by atoms with Crippen molar-refractivity contribution in [1.29, 1.82) is 0 Å². The average molecular weight is 407 g/mol. The normalized spacial score (nSPS) is 10.6. The molecule has 0 fully saturated rings. The van der Waals surface area contributed by atoms with Gasteiger partial charge in [0.25, 0.3) is 0 Å². The van der Waals surface area contributed by atoms with E-state index in [1.807, 2.05) is 42.7 Å². The van der Waals surface area contributed by atoms with Gasteiger partial charge in [-0.1, -0.05) is 71.7 Å². The van der Waals surface area contributed by atoms with E-state index < -0.39 is 0 Å². The molecule has 28 heavy (non-hydrogen) atoms. The van der Waals surface area contributed by atoms with Gasteiger partial charge >= 0.3 is 0 Å². The SMILES string of the molecule is Clc1ccc(OCc2cccc(-c3ccccc3)c2-c2cncnc2)c(Cl)c1. The number of hydrogen-bond donors (Lipinski definition) is 0. The Morgan fingerprint density at radius 1 is 0.786 bits per heavy atom. The van der Waals surface area contributed by atoms with Gasteiger partial charge in [-0.15, -0.1) is 0 Å². The Morgan fingerprint density at radius 2 is 1.57 bits per heavy atom. The molecule has 3 nitrogen and oxygen atoms in total. The van der Waals surface area contributed by atoms with Crippen molar-refractivity contribution >= 4 is 23.2 Å². The lowest BCUT2D eigenvalue weighted by Crippen LogP contribution is -2.00. The highest BCUT2D eigenvalue weighted by Gasteiger charge is 2.14. The molecule has 0 saturated heterocycles. The van der Waals surface area contributed by atoms with E-state index in [2.05, 4.69) is 28.2 Å². The molecule has 1 aromatic heterocycles. The number of benzene rings is 3. The third-order valence-corrected chi connectivity index (χ3v) is 4.89. The first-order valence-electron chi connectivity index (χ1n) is 8.73. The summed E-state index contributed by atoms with van der Waals surface area (Å²) in [6.07, 6.45) is 5.15. The van der Waals surface area contributed by atoms with E-state index in [-0.39, 0.29) is 0 Å². The molecule has 4 rings (SSSR count). The number of rotatable bonds is 5. The molecule has 0 atom stereocenters. The van der Waals surface area contributed by atoms with Crippen molar-refractivity contribution in [1.82, 2.24) is 9.97 Å². The monoisotopic (exact) mass is 406 g/mol. The fourth-order valence-electron chi connectivity index (χ4n) is 3.10. The fraction of sp³-hybridized carbons (Fsp3) is 0.0435. The lowest BCUT2D eigenvalue weighted by molar-refractivity contribution is 0.307. The van der Waals surface area contributed by atoms with Crippen molar-refractivity contribution in [2.45, 2.75) is 6.61 Å². The van der Waals surface area contributed by atoms with Gasteiger partial charge < -0.3 is 4.74 Å². The van der Waals surface area contributed by atoms with Gasteiger partial charge in [0.15, 0.2) is 0 Å². The van der Waals surface area contributed by atoms with E-state index in [1.54, 1.807) is 18.2 Å². The van der Waals surface area contributed by atoms with Crippen LogP contribution in [0.15, 0.2) is 85.5 Å². The van der Waals surface area contributed by atoms with Gasteiger partial charge in [0.1, 0.15) is 18.7 Å². The summed E-state index contributed by atoms with van der Waals surface area (Å²) in [5.74, 6) is 0.589. The molecule has 5 heteroatoms. The lowest BCUT2D eigenvalue weighted by atomic mass is 9.92. The van der Waals surface area contributed by atoms with Gasteiger partial charge in [0, 0.05) is 23.0 Å². The zero-order chi connectivity index (χ0) is 19.3. The van der Waals surface area contributed by atoms with Crippen molar-refractivity contribution in [3.05, 3.63) is 101 Å². The average Bonchev–Trinajstić information content (AvgIpc) is 2.74. The number of halogens is 2. The van der Waals surface area contributed by atoms with E-state index in [0.717, 1.165) is 27.8 Å². The minimum atomic E-state index is 0.353. The maximum atomic E-state index is 6.25. The van der Waals surface area contributed by atoms with Crippen LogP contribution in [0.4, 0.5) is 0 Å². The molecular formula is C23H16Cl2N2O. The van der Waals surface area contributed by atoms with Crippen molar-refractivity contribution in [2.24, 2.45) is 0 Å². The summed E-state index contributed by atoms with van der Waals surface area (Å²) in [5.41, 5.74) is 5.20. The second-order valence-corrected chi connectivity index (χ2v) is 7.04. The third-order valence-electron chi connectivity index (χ3n) is 4.36. The Labute approximate surface area is 173 Å². The molecule has 0 aliphatic carbocycles. The summed E-state index contributed by atoms with van der Waals surface area (Å²) < 4.78 is 6.00. The molecule has 0 N–H and O–H groups in total. The van der Waals surface area contributed by atoms with E-state index in [4.69, 9.17) is 27.9 Å². The molecule has 0 bridgehead atoms. The van der Waals surface area contributed by atoms with Crippen LogP contribution in [0.1, 0.15) is 5.56 Å². The quantitative estimate of drug-likeness (QED) is 0.369. The van der Waals surface area contributed by atoms with Crippen molar-refractivity contribution in [3.63, 3.8) is 0 Å². The van der Waals surface area contributed by atoms with Crippen LogP contribution in [0.25, 0.3) is 22.3 Å². The minimum Gasteiger partial charge on any atom is -0.487 e. The Morgan fingerprint density at radius 3 is 2.32 bits per heavy atom. The summed E-state index contributed by atoms with van der Waals surface area (Å²) in [6.45, 7) is 0.353. The molecule has 0 aliphatic rings. The maximum absolute atomic E-state index is 6.25. The third kappa shape index (κ3) is 4.01. The first kappa shape index (κ1) is 18.5. The van der Waals surface area contributed by atoms with E-state index in [1.165, 1.54) is 6.33 Å². The largest absolute Gasteiger partial charge is 0.487 e. The van der Waals surface area contributed by atoms with Gasteiger partial charge in [-0.05, 0) is 40.5 Å².